The summed E-state index contributed by atoms with van der Waals surface area (Å²) in [5.41, 5.74) is 1.27. The van der Waals surface area contributed by atoms with Crippen LogP contribution in [-0.2, 0) is 9.53 Å². The molecule has 0 fully saturated rings. The Morgan fingerprint density at radius 2 is 1.86 bits per heavy atom. The molecule has 2 aromatic rings. The summed E-state index contributed by atoms with van der Waals surface area (Å²) in [6.45, 7) is 3.31. The maximum atomic E-state index is 12.1. The van der Waals surface area contributed by atoms with Crippen LogP contribution < -0.4 is 5.32 Å². The number of esters is 1. The molecule has 0 aliphatic carbocycles. The smallest absolute Gasteiger partial charge is 0.349 e. The number of carbonyl (C=O) groups is 2. The maximum absolute atomic E-state index is 12.1. The van der Waals surface area contributed by atoms with E-state index in [1.807, 2.05) is 13.0 Å². The molecule has 1 unspecified atom stereocenters. The summed E-state index contributed by atoms with van der Waals surface area (Å²) < 4.78 is 5.16. The van der Waals surface area contributed by atoms with Gasteiger partial charge >= 0.3 is 5.97 Å². The Balaban J connectivity index is 2.00. The molecule has 1 aromatic heterocycles. The monoisotopic (exact) mass is 357 g/mol. The number of carbonyl (C=O) groups excluding carboxylic acids is 2. The Morgan fingerprint density at radius 1 is 1.23 bits per heavy atom. The molecule has 2 rings (SSSR count). The minimum absolute atomic E-state index is 0.404. The second-order valence-electron chi connectivity index (χ2n) is 4.63. The highest BCUT2D eigenvalue weighted by molar-refractivity contribution is 7.12. The van der Waals surface area contributed by atoms with Crippen molar-refractivity contribution in [2.75, 3.05) is 5.32 Å². The number of anilines is 1. The van der Waals surface area contributed by atoms with E-state index in [4.69, 9.17) is 27.9 Å². The maximum Gasteiger partial charge on any atom is 0.349 e. The van der Waals surface area contributed by atoms with Gasteiger partial charge in [-0.3, -0.25) is 4.79 Å². The molecule has 0 aliphatic rings. The second-order valence-corrected chi connectivity index (χ2v) is 6.42. The summed E-state index contributed by atoms with van der Waals surface area (Å²) in [6, 6.07) is 6.49. The Hall–Kier alpha value is -1.56. The average molecular weight is 358 g/mol. The first-order chi connectivity index (χ1) is 10.4. The molecule has 0 saturated heterocycles. The molecule has 1 atom stereocenters. The van der Waals surface area contributed by atoms with Crippen LogP contribution in [0.3, 0.4) is 0 Å². The molecule has 1 amide bonds. The summed E-state index contributed by atoms with van der Waals surface area (Å²) >= 11 is 13.0. The van der Waals surface area contributed by atoms with Gasteiger partial charge in [0.05, 0.1) is 0 Å². The zero-order valence-electron chi connectivity index (χ0n) is 11.9. The van der Waals surface area contributed by atoms with Crippen molar-refractivity contribution in [3.05, 3.63) is 50.1 Å². The molecule has 0 saturated carbocycles. The van der Waals surface area contributed by atoms with Crippen LogP contribution in [0.15, 0.2) is 29.6 Å². The lowest BCUT2D eigenvalue weighted by atomic mass is 10.3. The van der Waals surface area contributed by atoms with Crippen molar-refractivity contribution in [3.8, 4) is 0 Å². The molecule has 22 heavy (non-hydrogen) atoms. The van der Waals surface area contributed by atoms with E-state index in [0.717, 1.165) is 5.56 Å². The van der Waals surface area contributed by atoms with Crippen molar-refractivity contribution in [3.63, 3.8) is 0 Å². The minimum Gasteiger partial charge on any atom is -0.448 e. The van der Waals surface area contributed by atoms with Crippen LogP contribution in [-0.4, -0.2) is 18.0 Å². The van der Waals surface area contributed by atoms with Crippen LogP contribution in [0.25, 0.3) is 0 Å². The third-order valence-corrected chi connectivity index (χ3v) is 4.26. The standard InChI is InChI=1S/C15H13Cl2NO3S/c1-8-3-4-22-13(8)15(20)21-9(2)14(19)18-12-6-10(16)5-11(17)7-12/h3-7,9H,1-2H3,(H,18,19). The van der Waals surface area contributed by atoms with Gasteiger partial charge in [0, 0.05) is 15.7 Å². The summed E-state index contributed by atoms with van der Waals surface area (Å²) in [4.78, 5) is 24.5. The first-order valence-electron chi connectivity index (χ1n) is 6.39. The van der Waals surface area contributed by atoms with Crippen molar-refractivity contribution < 1.29 is 14.3 Å². The van der Waals surface area contributed by atoms with E-state index in [2.05, 4.69) is 5.32 Å². The Morgan fingerprint density at radius 3 is 2.41 bits per heavy atom. The van der Waals surface area contributed by atoms with Gasteiger partial charge in [-0.15, -0.1) is 11.3 Å². The lowest BCUT2D eigenvalue weighted by molar-refractivity contribution is -0.123. The van der Waals surface area contributed by atoms with Gasteiger partial charge < -0.3 is 10.1 Å². The lowest BCUT2D eigenvalue weighted by Gasteiger charge is -2.13. The molecule has 4 nitrogen and oxygen atoms in total. The Labute approximate surface area is 142 Å². The van der Waals surface area contributed by atoms with Gasteiger partial charge in [-0.1, -0.05) is 23.2 Å². The summed E-state index contributed by atoms with van der Waals surface area (Å²) in [7, 11) is 0. The number of benzene rings is 1. The first kappa shape index (κ1) is 16.8. The number of rotatable bonds is 4. The first-order valence-corrected chi connectivity index (χ1v) is 8.02. The van der Waals surface area contributed by atoms with Crippen molar-refractivity contribution in [1.29, 1.82) is 0 Å². The number of nitrogens with one attached hydrogen (secondary N) is 1. The fraction of sp³-hybridized carbons (Fsp3) is 0.200. The Bertz CT molecular complexity index is 694. The van der Waals surface area contributed by atoms with Crippen molar-refractivity contribution in [2.24, 2.45) is 0 Å². The van der Waals surface area contributed by atoms with Crippen LogP contribution in [0, 0.1) is 6.92 Å². The summed E-state index contributed by atoms with van der Waals surface area (Å²) in [5, 5.41) is 5.21. The quantitative estimate of drug-likeness (QED) is 0.816. The van der Waals surface area contributed by atoms with Gasteiger partial charge in [-0.2, -0.15) is 0 Å². The van der Waals surface area contributed by atoms with Crippen molar-refractivity contribution in [2.45, 2.75) is 20.0 Å². The predicted octanol–water partition coefficient (Wildman–Crippen LogP) is 4.55. The highest BCUT2D eigenvalue weighted by Gasteiger charge is 2.21. The fourth-order valence-corrected chi connectivity index (χ4v) is 3.05. The molecule has 0 aliphatic heterocycles. The van der Waals surface area contributed by atoms with E-state index in [1.165, 1.54) is 18.3 Å². The van der Waals surface area contributed by atoms with Gasteiger partial charge in [-0.05, 0) is 49.1 Å². The highest BCUT2D eigenvalue weighted by atomic mass is 35.5. The zero-order chi connectivity index (χ0) is 16.3. The minimum atomic E-state index is -0.938. The van der Waals surface area contributed by atoms with E-state index in [1.54, 1.807) is 23.6 Å². The number of halogens is 2. The third kappa shape index (κ3) is 4.22. The van der Waals surface area contributed by atoms with E-state index >= 15 is 0 Å². The molecular weight excluding hydrogens is 345 g/mol. The molecule has 7 heteroatoms. The van der Waals surface area contributed by atoms with Crippen molar-refractivity contribution >= 4 is 52.1 Å². The van der Waals surface area contributed by atoms with Crippen LogP contribution in [0.2, 0.25) is 10.0 Å². The third-order valence-electron chi connectivity index (χ3n) is 2.83. The molecule has 0 bridgehead atoms. The molecule has 0 radical (unpaired) electrons. The largest absolute Gasteiger partial charge is 0.448 e. The van der Waals surface area contributed by atoms with E-state index in [9.17, 15) is 9.59 Å². The number of amides is 1. The van der Waals surface area contributed by atoms with E-state index < -0.39 is 18.0 Å². The van der Waals surface area contributed by atoms with Gasteiger partial charge in [0.2, 0.25) is 0 Å². The van der Waals surface area contributed by atoms with Crippen LogP contribution in [0.1, 0.15) is 22.2 Å². The predicted molar refractivity (Wildman–Crippen MR) is 89.0 cm³/mol. The normalized spacial score (nSPS) is 11.8. The number of hydrogen-bond donors (Lipinski definition) is 1. The summed E-state index contributed by atoms with van der Waals surface area (Å²) in [5.74, 6) is -0.972. The molecule has 1 heterocycles. The van der Waals surface area contributed by atoms with Gasteiger partial charge in [0.1, 0.15) is 4.88 Å². The highest BCUT2D eigenvalue weighted by Crippen LogP contribution is 2.23. The molecular formula is C15H13Cl2NO3S. The van der Waals surface area contributed by atoms with Crippen LogP contribution >= 0.6 is 34.5 Å². The van der Waals surface area contributed by atoms with Crippen LogP contribution in [0.4, 0.5) is 5.69 Å². The SMILES string of the molecule is Cc1ccsc1C(=O)OC(C)C(=O)Nc1cc(Cl)cc(Cl)c1. The Kier molecular flexibility index (Phi) is 5.45. The second kappa shape index (κ2) is 7.13. The topological polar surface area (TPSA) is 55.4 Å². The van der Waals surface area contributed by atoms with Crippen molar-refractivity contribution in [1.82, 2.24) is 0 Å². The van der Waals surface area contributed by atoms with Gasteiger partial charge in [0.15, 0.2) is 6.10 Å². The number of thiophene rings is 1. The number of ether oxygens (including phenoxy) is 1. The number of aryl methyl sites for hydroxylation is 1. The zero-order valence-corrected chi connectivity index (χ0v) is 14.2. The number of hydrogen-bond acceptors (Lipinski definition) is 4. The van der Waals surface area contributed by atoms with Crippen LogP contribution in [0.5, 0.6) is 0 Å². The molecule has 0 spiro atoms. The summed E-state index contributed by atoms with van der Waals surface area (Å²) in [6.07, 6.45) is -0.938. The van der Waals surface area contributed by atoms with E-state index in [0.29, 0.717) is 20.6 Å². The molecule has 1 N–H and O–H groups in total. The van der Waals surface area contributed by atoms with Gasteiger partial charge in [0.25, 0.3) is 5.91 Å². The average Bonchev–Trinajstić information content (AvgIpc) is 2.83. The van der Waals surface area contributed by atoms with E-state index in [-0.39, 0.29) is 0 Å². The van der Waals surface area contributed by atoms with Gasteiger partial charge in [-0.25, -0.2) is 4.79 Å². The molecule has 116 valence electrons. The molecule has 1 aromatic carbocycles. The fourth-order valence-electron chi connectivity index (χ4n) is 1.72. The lowest BCUT2D eigenvalue weighted by Crippen LogP contribution is -2.29.